The smallest absolute Gasteiger partial charge is 0.290 e. The predicted octanol–water partition coefficient (Wildman–Crippen LogP) is 0.855. The summed E-state index contributed by atoms with van der Waals surface area (Å²) in [6.45, 7) is 3.58. The third-order valence-electron chi connectivity index (χ3n) is 2.90. The molecule has 1 aromatic heterocycles. The first-order valence-electron chi connectivity index (χ1n) is 5.70. The van der Waals surface area contributed by atoms with Gasteiger partial charge < -0.3 is 15.2 Å². The second kappa shape index (κ2) is 5.12. The van der Waals surface area contributed by atoms with Crippen molar-refractivity contribution in [1.29, 1.82) is 0 Å². The highest BCUT2D eigenvalue weighted by Crippen LogP contribution is 2.08. The van der Waals surface area contributed by atoms with Gasteiger partial charge in [-0.3, -0.25) is 4.79 Å². The summed E-state index contributed by atoms with van der Waals surface area (Å²) in [6, 6.07) is 0.552. The summed E-state index contributed by atoms with van der Waals surface area (Å²) in [6.07, 6.45) is 4.96. The van der Waals surface area contributed by atoms with Crippen molar-refractivity contribution in [3.8, 4) is 0 Å². The minimum Gasteiger partial charge on any atom is -0.351 e. The highest BCUT2D eigenvalue weighted by Gasteiger charge is 2.16. The summed E-state index contributed by atoms with van der Waals surface area (Å²) in [4.78, 5) is 11.6. The fourth-order valence-electron chi connectivity index (χ4n) is 1.95. The van der Waals surface area contributed by atoms with Crippen LogP contribution in [0.15, 0.2) is 10.7 Å². The van der Waals surface area contributed by atoms with E-state index in [1.165, 1.54) is 12.8 Å². The van der Waals surface area contributed by atoms with Crippen LogP contribution in [0.5, 0.6) is 0 Å². The molecule has 2 N–H and O–H groups in total. The van der Waals surface area contributed by atoms with Crippen LogP contribution in [-0.4, -0.2) is 30.2 Å². The van der Waals surface area contributed by atoms with Gasteiger partial charge in [-0.05, 0) is 32.7 Å². The van der Waals surface area contributed by atoms with Gasteiger partial charge in [-0.2, -0.15) is 0 Å². The minimum absolute atomic E-state index is 0.173. The van der Waals surface area contributed by atoms with Crippen LogP contribution in [0.25, 0.3) is 0 Å². The van der Waals surface area contributed by atoms with Crippen molar-refractivity contribution in [2.75, 3.05) is 13.1 Å². The Morgan fingerprint density at radius 2 is 2.62 bits per heavy atom. The average molecular weight is 223 g/mol. The number of carbonyl (C=O) groups is 1. The molecule has 1 atom stereocenters. The number of rotatable bonds is 4. The SMILES string of the molecule is Cc1cnoc1C(=O)NCC[C@@H]1CCCN1. The summed E-state index contributed by atoms with van der Waals surface area (Å²) in [5, 5.41) is 9.81. The summed E-state index contributed by atoms with van der Waals surface area (Å²) < 4.78 is 4.87. The van der Waals surface area contributed by atoms with Gasteiger partial charge in [0.15, 0.2) is 0 Å². The van der Waals surface area contributed by atoms with Crippen molar-refractivity contribution in [3.05, 3.63) is 17.5 Å². The Morgan fingerprint density at radius 3 is 3.25 bits per heavy atom. The third kappa shape index (κ3) is 2.61. The van der Waals surface area contributed by atoms with Gasteiger partial charge in [0.25, 0.3) is 5.91 Å². The molecule has 0 saturated carbocycles. The lowest BCUT2D eigenvalue weighted by molar-refractivity contribution is 0.0914. The number of aromatic nitrogens is 1. The monoisotopic (exact) mass is 223 g/mol. The normalized spacial score (nSPS) is 19.9. The van der Waals surface area contributed by atoms with Gasteiger partial charge in [0.1, 0.15) is 0 Å². The Kier molecular flexibility index (Phi) is 3.56. The Balaban J connectivity index is 1.73. The zero-order chi connectivity index (χ0) is 11.4. The van der Waals surface area contributed by atoms with E-state index in [1.54, 1.807) is 6.20 Å². The minimum atomic E-state index is -0.173. The van der Waals surface area contributed by atoms with E-state index in [9.17, 15) is 4.79 Å². The molecule has 0 aliphatic carbocycles. The van der Waals surface area contributed by atoms with E-state index in [0.29, 0.717) is 18.3 Å². The fourth-order valence-corrected chi connectivity index (χ4v) is 1.95. The van der Waals surface area contributed by atoms with E-state index in [2.05, 4.69) is 15.8 Å². The number of nitrogens with zero attached hydrogens (tertiary/aromatic N) is 1. The number of amides is 1. The van der Waals surface area contributed by atoms with Crippen LogP contribution in [-0.2, 0) is 0 Å². The highest BCUT2D eigenvalue weighted by atomic mass is 16.5. The van der Waals surface area contributed by atoms with Gasteiger partial charge in [0, 0.05) is 18.2 Å². The Morgan fingerprint density at radius 1 is 1.75 bits per heavy atom. The molecule has 1 fully saturated rings. The van der Waals surface area contributed by atoms with E-state index in [-0.39, 0.29) is 5.91 Å². The van der Waals surface area contributed by atoms with Crippen LogP contribution >= 0.6 is 0 Å². The van der Waals surface area contributed by atoms with Crippen molar-refractivity contribution >= 4 is 5.91 Å². The first-order chi connectivity index (χ1) is 7.77. The molecule has 1 saturated heterocycles. The third-order valence-corrected chi connectivity index (χ3v) is 2.90. The highest BCUT2D eigenvalue weighted by molar-refractivity contribution is 5.92. The first kappa shape index (κ1) is 11.1. The van der Waals surface area contributed by atoms with Crippen molar-refractivity contribution in [2.24, 2.45) is 0 Å². The fraction of sp³-hybridized carbons (Fsp3) is 0.636. The van der Waals surface area contributed by atoms with Gasteiger partial charge in [-0.15, -0.1) is 0 Å². The molecular formula is C11H17N3O2. The predicted molar refractivity (Wildman–Crippen MR) is 59.2 cm³/mol. The molecule has 0 aromatic carbocycles. The zero-order valence-corrected chi connectivity index (χ0v) is 9.45. The summed E-state index contributed by atoms with van der Waals surface area (Å²) in [7, 11) is 0. The second-order valence-electron chi connectivity index (χ2n) is 4.18. The summed E-state index contributed by atoms with van der Waals surface area (Å²) in [5.41, 5.74) is 0.775. The summed E-state index contributed by atoms with van der Waals surface area (Å²) >= 11 is 0. The Hall–Kier alpha value is -1.36. The molecule has 5 nitrogen and oxygen atoms in total. The molecule has 1 aromatic rings. The van der Waals surface area contributed by atoms with Crippen LogP contribution in [0.3, 0.4) is 0 Å². The van der Waals surface area contributed by atoms with Crippen molar-refractivity contribution < 1.29 is 9.32 Å². The van der Waals surface area contributed by atoms with Gasteiger partial charge in [-0.1, -0.05) is 5.16 Å². The van der Waals surface area contributed by atoms with Crippen LogP contribution < -0.4 is 10.6 Å². The quantitative estimate of drug-likeness (QED) is 0.794. The number of hydrogen-bond acceptors (Lipinski definition) is 4. The molecule has 1 amide bonds. The molecule has 0 bridgehead atoms. The lowest BCUT2D eigenvalue weighted by Gasteiger charge is -2.09. The molecular weight excluding hydrogens is 206 g/mol. The number of carbonyl (C=O) groups excluding carboxylic acids is 1. The molecule has 1 aliphatic rings. The van der Waals surface area contributed by atoms with E-state index < -0.39 is 0 Å². The number of aryl methyl sites for hydroxylation is 1. The number of hydrogen-bond donors (Lipinski definition) is 2. The van der Waals surface area contributed by atoms with Gasteiger partial charge in [-0.25, -0.2) is 0 Å². The maximum absolute atomic E-state index is 11.6. The molecule has 5 heteroatoms. The van der Waals surface area contributed by atoms with E-state index in [0.717, 1.165) is 18.5 Å². The molecule has 0 unspecified atom stereocenters. The Labute approximate surface area is 94.6 Å². The van der Waals surface area contributed by atoms with Crippen molar-refractivity contribution in [1.82, 2.24) is 15.8 Å². The molecule has 0 radical (unpaired) electrons. The van der Waals surface area contributed by atoms with Crippen LogP contribution in [0.2, 0.25) is 0 Å². The van der Waals surface area contributed by atoms with Gasteiger partial charge >= 0.3 is 0 Å². The zero-order valence-electron chi connectivity index (χ0n) is 9.45. The van der Waals surface area contributed by atoms with E-state index >= 15 is 0 Å². The maximum atomic E-state index is 11.6. The van der Waals surface area contributed by atoms with E-state index in [4.69, 9.17) is 4.52 Å². The molecule has 0 spiro atoms. The molecule has 2 rings (SSSR count). The molecule has 1 aliphatic heterocycles. The lowest BCUT2D eigenvalue weighted by Crippen LogP contribution is -2.30. The molecule has 2 heterocycles. The van der Waals surface area contributed by atoms with Crippen LogP contribution in [0.4, 0.5) is 0 Å². The average Bonchev–Trinajstić information content (AvgIpc) is 2.88. The van der Waals surface area contributed by atoms with E-state index in [1.807, 2.05) is 6.92 Å². The molecule has 16 heavy (non-hydrogen) atoms. The number of nitrogens with one attached hydrogen (secondary N) is 2. The van der Waals surface area contributed by atoms with Crippen molar-refractivity contribution in [3.63, 3.8) is 0 Å². The molecule has 88 valence electrons. The lowest BCUT2D eigenvalue weighted by atomic mass is 10.1. The summed E-state index contributed by atoms with van der Waals surface area (Å²) in [5.74, 6) is 0.146. The largest absolute Gasteiger partial charge is 0.351 e. The van der Waals surface area contributed by atoms with Crippen molar-refractivity contribution in [2.45, 2.75) is 32.2 Å². The second-order valence-corrected chi connectivity index (χ2v) is 4.18. The van der Waals surface area contributed by atoms with Gasteiger partial charge in [0.05, 0.1) is 6.20 Å². The van der Waals surface area contributed by atoms with Gasteiger partial charge in [0.2, 0.25) is 5.76 Å². The first-order valence-corrected chi connectivity index (χ1v) is 5.70. The Bertz CT molecular complexity index is 356. The standard InChI is InChI=1S/C11H17N3O2/c1-8-7-14-16-10(8)11(15)13-6-4-9-3-2-5-12-9/h7,9,12H,2-6H2,1H3,(H,13,15)/t9-/m0/s1. The maximum Gasteiger partial charge on any atom is 0.290 e. The van der Waals surface area contributed by atoms with Crippen LogP contribution in [0.1, 0.15) is 35.4 Å². The topological polar surface area (TPSA) is 67.2 Å². The van der Waals surface area contributed by atoms with Crippen LogP contribution in [0, 0.1) is 6.92 Å².